The average molecular weight is 692 g/mol. The van der Waals surface area contributed by atoms with Crippen molar-refractivity contribution in [3.63, 3.8) is 0 Å². The molecule has 3 N–H and O–H groups in total. The van der Waals surface area contributed by atoms with E-state index in [1.807, 2.05) is 0 Å². The molecule has 0 aliphatic heterocycles. The zero-order valence-electron chi connectivity index (χ0n) is 33.5. The maximum absolute atomic E-state index is 12.4. The van der Waals surface area contributed by atoms with Gasteiger partial charge >= 0.3 is 0 Å². The number of aliphatic hydroxyl groups is 2. The molecule has 0 aliphatic carbocycles. The molecule has 1 amide bonds. The maximum atomic E-state index is 12.4. The third kappa shape index (κ3) is 38.2. The first-order valence-electron chi connectivity index (χ1n) is 22.4. The number of allylic oxidation sites excluding steroid dienone is 2. The highest BCUT2D eigenvalue weighted by atomic mass is 16.3. The number of hydrogen-bond acceptors (Lipinski definition) is 3. The summed E-state index contributed by atoms with van der Waals surface area (Å²) in [5, 5.41) is 23.1. The van der Waals surface area contributed by atoms with Crippen molar-refractivity contribution in [2.75, 3.05) is 6.61 Å². The van der Waals surface area contributed by atoms with Crippen LogP contribution in [-0.4, -0.2) is 34.9 Å². The Hall–Kier alpha value is -0.870. The number of carbonyl (C=O) groups is 1. The fourth-order valence-electron chi connectivity index (χ4n) is 7.06. The SMILES string of the molecule is CCCCCCCCCCCCCC/C=C\CCCCCCCCCCCCC(=O)NC(CO)C(O)CCCCCCCCCCCCC. The van der Waals surface area contributed by atoms with E-state index in [0.29, 0.717) is 12.8 Å². The van der Waals surface area contributed by atoms with Crippen molar-refractivity contribution in [3.05, 3.63) is 12.2 Å². The molecule has 0 saturated heterocycles. The fourth-order valence-corrected chi connectivity index (χ4v) is 7.06. The van der Waals surface area contributed by atoms with Gasteiger partial charge in [0.25, 0.3) is 0 Å². The number of nitrogens with one attached hydrogen (secondary N) is 1. The second-order valence-corrected chi connectivity index (χ2v) is 15.5. The van der Waals surface area contributed by atoms with Crippen LogP contribution in [0.3, 0.4) is 0 Å². The quantitative estimate of drug-likeness (QED) is 0.0441. The fraction of sp³-hybridized carbons (Fsp3) is 0.933. The Balaban J connectivity index is 3.44. The molecule has 292 valence electrons. The van der Waals surface area contributed by atoms with Crippen LogP contribution in [0.25, 0.3) is 0 Å². The van der Waals surface area contributed by atoms with E-state index < -0.39 is 12.1 Å². The van der Waals surface area contributed by atoms with E-state index in [9.17, 15) is 15.0 Å². The largest absolute Gasteiger partial charge is 0.394 e. The number of unbranched alkanes of at least 4 members (excludes halogenated alkanes) is 32. The number of rotatable bonds is 41. The molecule has 0 spiro atoms. The molecule has 0 aromatic heterocycles. The van der Waals surface area contributed by atoms with Crippen molar-refractivity contribution in [1.82, 2.24) is 5.32 Å². The Morgan fingerprint density at radius 2 is 0.776 bits per heavy atom. The smallest absolute Gasteiger partial charge is 0.220 e. The lowest BCUT2D eigenvalue weighted by Crippen LogP contribution is -2.45. The highest BCUT2D eigenvalue weighted by molar-refractivity contribution is 5.76. The minimum Gasteiger partial charge on any atom is -0.394 e. The van der Waals surface area contributed by atoms with E-state index in [1.165, 1.54) is 199 Å². The number of carbonyl (C=O) groups excluding carboxylic acids is 1. The van der Waals surface area contributed by atoms with Crippen LogP contribution in [0.15, 0.2) is 12.2 Å². The number of hydrogen-bond donors (Lipinski definition) is 3. The van der Waals surface area contributed by atoms with Crippen LogP contribution >= 0.6 is 0 Å². The van der Waals surface area contributed by atoms with Gasteiger partial charge in [0.05, 0.1) is 18.8 Å². The minimum absolute atomic E-state index is 0.0313. The minimum atomic E-state index is -0.655. The van der Waals surface area contributed by atoms with Crippen molar-refractivity contribution in [3.8, 4) is 0 Å². The van der Waals surface area contributed by atoms with Gasteiger partial charge < -0.3 is 15.5 Å². The second-order valence-electron chi connectivity index (χ2n) is 15.5. The number of aliphatic hydroxyl groups excluding tert-OH is 2. The molecule has 2 atom stereocenters. The normalized spacial score (nSPS) is 13.0. The van der Waals surface area contributed by atoms with E-state index in [2.05, 4.69) is 31.3 Å². The Morgan fingerprint density at radius 1 is 0.469 bits per heavy atom. The Bertz CT molecular complexity index is 666. The molecule has 0 heterocycles. The van der Waals surface area contributed by atoms with Crippen molar-refractivity contribution >= 4 is 5.91 Å². The molecular weight excluding hydrogens is 602 g/mol. The lowest BCUT2D eigenvalue weighted by Gasteiger charge is -2.22. The maximum Gasteiger partial charge on any atom is 0.220 e. The van der Waals surface area contributed by atoms with Crippen molar-refractivity contribution in [2.24, 2.45) is 0 Å². The molecule has 0 saturated carbocycles. The van der Waals surface area contributed by atoms with Crippen LogP contribution < -0.4 is 5.32 Å². The van der Waals surface area contributed by atoms with E-state index in [1.54, 1.807) is 0 Å². The summed E-state index contributed by atoms with van der Waals surface area (Å²) in [5.74, 6) is -0.0313. The molecule has 2 unspecified atom stereocenters. The Labute approximate surface area is 307 Å². The van der Waals surface area contributed by atoms with Gasteiger partial charge in [-0.1, -0.05) is 219 Å². The first-order chi connectivity index (χ1) is 24.2. The molecule has 4 nitrogen and oxygen atoms in total. The van der Waals surface area contributed by atoms with Gasteiger partial charge in [0.1, 0.15) is 0 Å². The summed E-state index contributed by atoms with van der Waals surface area (Å²) in [6.45, 7) is 4.36. The van der Waals surface area contributed by atoms with E-state index in [0.717, 1.165) is 25.7 Å². The lowest BCUT2D eigenvalue weighted by atomic mass is 10.0. The van der Waals surface area contributed by atoms with Crippen molar-refractivity contribution < 1.29 is 15.0 Å². The molecule has 4 heteroatoms. The van der Waals surface area contributed by atoms with Gasteiger partial charge in [-0.3, -0.25) is 4.79 Å². The molecular formula is C45H89NO3. The van der Waals surface area contributed by atoms with Crippen LogP contribution in [0, 0.1) is 0 Å². The van der Waals surface area contributed by atoms with Gasteiger partial charge in [-0.25, -0.2) is 0 Å². The van der Waals surface area contributed by atoms with Gasteiger partial charge in [-0.2, -0.15) is 0 Å². The molecule has 0 bridgehead atoms. The third-order valence-corrected chi connectivity index (χ3v) is 10.5. The first-order valence-corrected chi connectivity index (χ1v) is 22.4. The standard InChI is InChI=1S/C45H89NO3/c1-3-5-7-9-11-13-15-16-17-18-19-20-21-22-23-24-25-26-27-28-29-31-33-35-37-39-41-45(49)46-43(42-47)44(48)40-38-36-34-32-30-14-12-10-8-6-4-2/h22-23,43-44,47-48H,3-21,24-42H2,1-2H3,(H,46,49)/b23-22-. The van der Waals surface area contributed by atoms with Crippen molar-refractivity contribution in [1.29, 1.82) is 0 Å². The third-order valence-electron chi connectivity index (χ3n) is 10.5. The van der Waals surface area contributed by atoms with Gasteiger partial charge in [0, 0.05) is 6.42 Å². The average Bonchev–Trinajstić information content (AvgIpc) is 3.10. The van der Waals surface area contributed by atoms with Crippen molar-refractivity contribution in [2.45, 2.75) is 264 Å². The summed E-state index contributed by atoms with van der Waals surface area (Å²) in [7, 11) is 0. The van der Waals surface area contributed by atoms with E-state index in [-0.39, 0.29) is 12.5 Å². The lowest BCUT2D eigenvalue weighted by molar-refractivity contribution is -0.123. The summed E-state index contributed by atoms with van der Waals surface area (Å²) in [5.41, 5.74) is 0. The summed E-state index contributed by atoms with van der Waals surface area (Å²) < 4.78 is 0. The number of amides is 1. The topological polar surface area (TPSA) is 69.6 Å². The van der Waals surface area contributed by atoms with Gasteiger partial charge in [-0.15, -0.1) is 0 Å². The summed E-state index contributed by atoms with van der Waals surface area (Å²) in [4.78, 5) is 12.4. The summed E-state index contributed by atoms with van der Waals surface area (Å²) in [6, 6.07) is -0.532. The molecule has 0 aromatic rings. The monoisotopic (exact) mass is 692 g/mol. The zero-order chi connectivity index (χ0) is 35.7. The predicted molar refractivity (Wildman–Crippen MR) is 216 cm³/mol. The molecule has 0 fully saturated rings. The zero-order valence-corrected chi connectivity index (χ0v) is 33.5. The van der Waals surface area contributed by atoms with Crippen LogP contribution in [-0.2, 0) is 4.79 Å². The summed E-state index contributed by atoms with van der Waals surface area (Å²) >= 11 is 0. The van der Waals surface area contributed by atoms with Gasteiger partial charge in [0.2, 0.25) is 5.91 Å². The molecule has 0 aliphatic rings. The molecule has 49 heavy (non-hydrogen) atoms. The molecule has 0 aromatic carbocycles. The van der Waals surface area contributed by atoms with Crippen LogP contribution in [0.5, 0.6) is 0 Å². The van der Waals surface area contributed by atoms with E-state index >= 15 is 0 Å². The van der Waals surface area contributed by atoms with Gasteiger partial charge in [0.15, 0.2) is 0 Å². The molecule has 0 radical (unpaired) electrons. The van der Waals surface area contributed by atoms with E-state index in [4.69, 9.17) is 0 Å². The Kier molecular flexibility index (Phi) is 40.8. The highest BCUT2D eigenvalue weighted by Gasteiger charge is 2.20. The highest BCUT2D eigenvalue weighted by Crippen LogP contribution is 2.16. The second kappa shape index (κ2) is 41.5. The van der Waals surface area contributed by atoms with Crippen LogP contribution in [0.2, 0.25) is 0 Å². The van der Waals surface area contributed by atoms with Gasteiger partial charge in [-0.05, 0) is 38.5 Å². The van der Waals surface area contributed by atoms with Crippen LogP contribution in [0.4, 0.5) is 0 Å². The Morgan fingerprint density at radius 3 is 1.12 bits per heavy atom. The predicted octanol–water partition coefficient (Wildman–Crippen LogP) is 13.9. The molecule has 0 rings (SSSR count). The first kappa shape index (κ1) is 48.1. The summed E-state index contributed by atoms with van der Waals surface area (Å²) in [6.07, 6.45) is 51.6. The van der Waals surface area contributed by atoms with Crippen LogP contribution in [0.1, 0.15) is 251 Å².